The highest BCUT2D eigenvalue weighted by Crippen LogP contribution is 2.51. The Balaban J connectivity index is 1.72. The topological polar surface area (TPSA) is 57.6 Å². The van der Waals surface area contributed by atoms with Gasteiger partial charge in [-0.15, -0.1) is 0 Å². The number of piperidine rings is 1. The second-order valence-corrected chi connectivity index (χ2v) is 6.50. The Hall–Kier alpha value is -2.05. The molecule has 0 bridgehead atoms. The summed E-state index contributed by atoms with van der Waals surface area (Å²) in [7, 11) is 0. The molecule has 7 heteroatoms. The summed E-state index contributed by atoms with van der Waals surface area (Å²) >= 11 is 0. The van der Waals surface area contributed by atoms with Gasteiger partial charge >= 0.3 is 12.1 Å². The van der Waals surface area contributed by atoms with Crippen LogP contribution in [-0.2, 0) is 15.8 Å². The standard InChI is InChI=1S/C17H18F3NO3/c18-17(19,20)14-6-2-1-5-11(14)12-8-13(12)15(22)21-7-3-4-10(9-21)16(23)24/h1-2,5-6,10,12-13H,3-4,7-9H2,(H,23,24)/t10-,12?,13?/m0/s1. The molecule has 130 valence electrons. The van der Waals surface area contributed by atoms with Crippen LogP contribution >= 0.6 is 0 Å². The number of alkyl halides is 3. The third-order valence-electron chi connectivity index (χ3n) is 4.86. The molecule has 1 aromatic carbocycles. The number of carboxylic acids is 1. The van der Waals surface area contributed by atoms with Gasteiger partial charge in [-0.2, -0.15) is 13.2 Å². The number of carbonyl (C=O) groups is 2. The van der Waals surface area contributed by atoms with Crippen molar-refractivity contribution in [3.8, 4) is 0 Å². The van der Waals surface area contributed by atoms with E-state index in [0.717, 1.165) is 6.07 Å². The van der Waals surface area contributed by atoms with Gasteiger partial charge in [-0.3, -0.25) is 9.59 Å². The normalized spacial score (nSPS) is 27.0. The smallest absolute Gasteiger partial charge is 0.416 e. The van der Waals surface area contributed by atoms with Crippen LogP contribution in [0.15, 0.2) is 24.3 Å². The Morgan fingerprint density at radius 3 is 2.58 bits per heavy atom. The summed E-state index contributed by atoms with van der Waals surface area (Å²) in [4.78, 5) is 25.1. The van der Waals surface area contributed by atoms with E-state index in [9.17, 15) is 22.8 Å². The first kappa shape index (κ1) is 16.8. The van der Waals surface area contributed by atoms with Crippen molar-refractivity contribution in [1.29, 1.82) is 0 Å². The summed E-state index contributed by atoms with van der Waals surface area (Å²) < 4.78 is 39.3. The first-order chi connectivity index (χ1) is 11.3. The molecule has 2 aliphatic rings. The third kappa shape index (κ3) is 3.25. The molecule has 3 atom stereocenters. The van der Waals surface area contributed by atoms with E-state index in [1.807, 2.05) is 0 Å². The van der Waals surface area contributed by atoms with E-state index >= 15 is 0 Å². The summed E-state index contributed by atoms with van der Waals surface area (Å²) in [6.07, 6.45) is -2.91. The number of likely N-dealkylation sites (tertiary alicyclic amines) is 1. The van der Waals surface area contributed by atoms with Gasteiger partial charge in [0.05, 0.1) is 11.5 Å². The fraction of sp³-hybridized carbons (Fsp3) is 0.529. The minimum atomic E-state index is -4.44. The maximum absolute atomic E-state index is 13.1. The lowest BCUT2D eigenvalue weighted by molar-refractivity contribution is -0.146. The fourth-order valence-electron chi connectivity index (χ4n) is 3.50. The van der Waals surface area contributed by atoms with E-state index in [-0.39, 0.29) is 18.0 Å². The molecule has 1 aliphatic carbocycles. The van der Waals surface area contributed by atoms with Gasteiger partial charge in [0.2, 0.25) is 5.91 Å². The minimum absolute atomic E-state index is 0.151. The number of hydrogen-bond donors (Lipinski definition) is 1. The molecule has 3 rings (SSSR count). The van der Waals surface area contributed by atoms with Crippen LogP contribution in [0.3, 0.4) is 0 Å². The molecule has 1 amide bonds. The molecule has 1 saturated heterocycles. The predicted octanol–water partition coefficient (Wildman–Crippen LogP) is 3.13. The Morgan fingerprint density at radius 1 is 1.21 bits per heavy atom. The van der Waals surface area contributed by atoms with Crippen molar-refractivity contribution >= 4 is 11.9 Å². The van der Waals surface area contributed by atoms with E-state index in [4.69, 9.17) is 5.11 Å². The number of amides is 1. The molecule has 1 aromatic rings. The van der Waals surface area contributed by atoms with Crippen LogP contribution in [0.1, 0.15) is 36.3 Å². The summed E-state index contributed by atoms with van der Waals surface area (Å²) in [5.41, 5.74) is -0.525. The lowest BCUT2D eigenvalue weighted by Crippen LogP contribution is -2.43. The van der Waals surface area contributed by atoms with Crippen LogP contribution < -0.4 is 0 Å². The molecule has 0 radical (unpaired) electrons. The van der Waals surface area contributed by atoms with E-state index < -0.39 is 35.5 Å². The summed E-state index contributed by atoms with van der Waals surface area (Å²) in [5.74, 6) is -2.63. The van der Waals surface area contributed by atoms with Crippen LogP contribution in [0, 0.1) is 11.8 Å². The van der Waals surface area contributed by atoms with Crippen molar-refractivity contribution in [2.24, 2.45) is 11.8 Å². The maximum Gasteiger partial charge on any atom is 0.416 e. The molecular formula is C17H18F3NO3. The number of benzene rings is 1. The van der Waals surface area contributed by atoms with Crippen molar-refractivity contribution in [2.75, 3.05) is 13.1 Å². The first-order valence-electron chi connectivity index (χ1n) is 7.96. The van der Waals surface area contributed by atoms with Gasteiger partial charge in [0, 0.05) is 19.0 Å². The number of carboxylic acid groups (broad SMARTS) is 1. The van der Waals surface area contributed by atoms with Gasteiger partial charge in [0.25, 0.3) is 0 Å². The highest BCUT2D eigenvalue weighted by molar-refractivity contribution is 5.84. The molecule has 2 unspecified atom stereocenters. The summed E-state index contributed by atoms with van der Waals surface area (Å²) in [6, 6.07) is 5.35. The molecule has 2 fully saturated rings. The van der Waals surface area contributed by atoms with Gasteiger partial charge in [0.15, 0.2) is 0 Å². The fourth-order valence-corrected chi connectivity index (χ4v) is 3.50. The highest BCUT2D eigenvalue weighted by Gasteiger charge is 2.49. The molecule has 0 spiro atoms. The third-order valence-corrected chi connectivity index (χ3v) is 4.86. The molecule has 1 aliphatic heterocycles. The Kier molecular flexibility index (Phi) is 4.27. The average molecular weight is 341 g/mol. The van der Waals surface area contributed by atoms with Crippen molar-refractivity contribution in [3.05, 3.63) is 35.4 Å². The number of aliphatic carboxylic acids is 1. The number of halogens is 3. The second kappa shape index (κ2) is 6.11. The quantitative estimate of drug-likeness (QED) is 0.919. The number of hydrogen-bond acceptors (Lipinski definition) is 2. The molecule has 4 nitrogen and oxygen atoms in total. The molecule has 1 heterocycles. The minimum Gasteiger partial charge on any atom is -0.481 e. The summed E-state index contributed by atoms with van der Waals surface area (Å²) in [6.45, 7) is 0.630. The molecule has 1 N–H and O–H groups in total. The Bertz CT molecular complexity index is 659. The lowest BCUT2D eigenvalue weighted by atomic mass is 9.97. The summed E-state index contributed by atoms with van der Waals surface area (Å²) in [5, 5.41) is 9.08. The van der Waals surface area contributed by atoms with Crippen molar-refractivity contribution < 1.29 is 27.9 Å². The molecule has 0 aromatic heterocycles. The number of carbonyl (C=O) groups excluding carboxylic acids is 1. The van der Waals surface area contributed by atoms with Crippen LogP contribution in [0.2, 0.25) is 0 Å². The zero-order chi connectivity index (χ0) is 17.5. The molecule has 24 heavy (non-hydrogen) atoms. The Labute approximate surface area is 137 Å². The van der Waals surface area contributed by atoms with Gasteiger partial charge in [-0.05, 0) is 36.8 Å². The van der Waals surface area contributed by atoms with Gasteiger partial charge in [0.1, 0.15) is 0 Å². The zero-order valence-corrected chi connectivity index (χ0v) is 12.9. The van der Waals surface area contributed by atoms with E-state index in [0.29, 0.717) is 25.8 Å². The Morgan fingerprint density at radius 2 is 1.92 bits per heavy atom. The zero-order valence-electron chi connectivity index (χ0n) is 12.9. The van der Waals surface area contributed by atoms with Crippen LogP contribution in [-0.4, -0.2) is 35.0 Å². The van der Waals surface area contributed by atoms with Gasteiger partial charge in [-0.25, -0.2) is 0 Å². The van der Waals surface area contributed by atoms with Crippen molar-refractivity contribution in [2.45, 2.75) is 31.4 Å². The monoisotopic (exact) mass is 341 g/mol. The van der Waals surface area contributed by atoms with Gasteiger partial charge in [-0.1, -0.05) is 18.2 Å². The lowest BCUT2D eigenvalue weighted by Gasteiger charge is -2.31. The SMILES string of the molecule is O=C(O)[C@H]1CCCN(C(=O)C2CC2c2ccccc2C(F)(F)F)C1. The highest BCUT2D eigenvalue weighted by atomic mass is 19.4. The van der Waals surface area contributed by atoms with E-state index in [1.165, 1.54) is 17.0 Å². The number of rotatable bonds is 3. The van der Waals surface area contributed by atoms with E-state index in [2.05, 4.69) is 0 Å². The molecule has 1 saturated carbocycles. The van der Waals surface area contributed by atoms with Crippen molar-refractivity contribution in [3.63, 3.8) is 0 Å². The predicted molar refractivity (Wildman–Crippen MR) is 79.2 cm³/mol. The average Bonchev–Trinajstić information content (AvgIpc) is 3.34. The second-order valence-electron chi connectivity index (χ2n) is 6.50. The number of nitrogens with zero attached hydrogens (tertiary/aromatic N) is 1. The van der Waals surface area contributed by atoms with E-state index in [1.54, 1.807) is 6.07 Å². The van der Waals surface area contributed by atoms with Crippen LogP contribution in [0.25, 0.3) is 0 Å². The van der Waals surface area contributed by atoms with Gasteiger partial charge < -0.3 is 10.0 Å². The van der Waals surface area contributed by atoms with Crippen LogP contribution in [0.5, 0.6) is 0 Å². The largest absolute Gasteiger partial charge is 0.481 e. The van der Waals surface area contributed by atoms with Crippen molar-refractivity contribution in [1.82, 2.24) is 4.90 Å². The first-order valence-corrected chi connectivity index (χ1v) is 7.96. The maximum atomic E-state index is 13.1. The molecular weight excluding hydrogens is 323 g/mol. The van der Waals surface area contributed by atoms with Crippen LogP contribution in [0.4, 0.5) is 13.2 Å².